The first-order chi connectivity index (χ1) is 11.9. The van der Waals surface area contributed by atoms with E-state index in [9.17, 15) is 18.0 Å². The third-order valence-corrected chi connectivity index (χ3v) is 4.23. The molecule has 1 N–H and O–H groups in total. The smallest absolute Gasteiger partial charge is 0.355 e. The Morgan fingerprint density at radius 2 is 1.56 bits per heavy atom. The molecule has 0 bridgehead atoms. The van der Waals surface area contributed by atoms with Gasteiger partial charge in [0.25, 0.3) is 0 Å². The number of para-hydroxylation sites is 1. The highest BCUT2D eigenvalue weighted by Gasteiger charge is 2.38. The van der Waals surface area contributed by atoms with Gasteiger partial charge in [-0.2, -0.15) is 13.2 Å². The third kappa shape index (κ3) is 2.58. The van der Waals surface area contributed by atoms with Crippen molar-refractivity contribution >= 4 is 33.5 Å². The zero-order chi connectivity index (χ0) is 17.6. The second-order valence-corrected chi connectivity index (χ2v) is 5.80. The molecule has 0 fully saturated rings. The summed E-state index contributed by atoms with van der Waals surface area (Å²) in [5.74, 6) is -0.623. The van der Waals surface area contributed by atoms with E-state index < -0.39 is 17.5 Å². The Balaban J connectivity index is 1.95. The number of benzene rings is 3. The van der Waals surface area contributed by atoms with Gasteiger partial charge in [-0.05, 0) is 29.8 Å². The van der Waals surface area contributed by atoms with Crippen molar-refractivity contribution in [1.29, 1.82) is 0 Å². The van der Waals surface area contributed by atoms with Gasteiger partial charge in [0.2, 0.25) is 0 Å². The fourth-order valence-electron chi connectivity index (χ4n) is 3.14. The van der Waals surface area contributed by atoms with Crippen molar-refractivity contribution < 1.29 is 18.0 Å². The van der Waals surface area contributed by atoms with Crippen molar-refractivity contribution in [3.8, 4) is 0 Å². The Hall–Kier alpha value is -3.08. The topological polar surface area (TPSA) is 29.1 Å². The SMILES string of the molecule is O=C1C=C(C(F)(F)F)c2ccc(Nc3ccccc3)c3cccc1c23. The van der Waals surface area contributed by atoms with Gasteiger partial charge in [-0.1, -0.05) is 42.5 Å². The normalized spacial score (nSPS) is 13.7. The number of ketones is 1. The number of nitrogens with one attached hydrogen (secondary N) is 1. The van der Waals surface area contributed by atoms with Crippen LogP contribution in [0.4, 0.5) is 24.5 Å². The fourth-order valence-corrected chi connectivity index (χ4v) is 3.14. The average molecular weight is 339 g/mol. The Morgan fingerprint density at radius 1 is 0.800 bits per heavy atom. The summed E-state index contributed by atoms with van der Waals surface area (Å²) in [7, 11) is 0. The number of halogens is 3. The second kappa shape index (κ2) is 5.48. The minimum Gasteiger partial charge on any atom is -0.355 e. The lowest BCUT2D eigenvalue weighted by molar-refractivity contribution is -0.0689. The van der Waals surface area contributed by atoms with Crippen LogP contribution >= 0.6 is 0 Å². The first-order valence-electron chi connectivity index (χ1n) is 7.66. The van der Waals surface area contributed by atoms with Crippen LogP contribution in [0.3, 0.4) is 0 Å². The van der Waals surface area contributed by atoms with Crippen LogP contribution in [-0.2, 0) is 0 Å². The molecule has 124 valence electrons. The Morgan fingerprint density at radius 3 is 2.28 bits per heavy atom. The molecule has 5 heteroatoms. The Labute approximate surface area is 141 Å². The molecule has 0 amide bonds. The van der Waals surface area contributed by atoms with Crippen LogP contribution in [0.15, 0.2) is 66.7 Å². The average Bonchev–Trinajstić information content (AvgIpc) is 2.59. The Kier molecular flexibility index (Phi) is 3.39. The molecule has 25 heavy (non-hydrogen) atoms. The van der Waals surface area contributed by atoms with Gasteiger partial charge in [-0.3, -0.25) is 4.79 Å². The van der Waals surface area contributed by atoms with Crippen LogP contribution < -0.4 is 5.32 Å². The van der Waals surface area contributed by atoms with Crippen LogP contribution in [0.5, 0.6) is 0 Å². The standard InChI is InChI=1S/C20H12F3NO/c21-20(22,23)16-11-18(25)15-8-4-7-14-17(10-9-13(16)19(14)15)24-12-5-2-1-3-6-12/h1-11,24H. The van der Waals surface area contributed by atoms with Gasteiger partial charge >= 0.3 is 6.18 Å². The molecular formula is C20H12F3NO. The van der Waals surface area contributed by atoms with E-state index >= 15 is 0 Å². The van der Waals surface area contributed by atoms with E-state index in [1.807, 2.05) is 30.3 Å². The maximum Gasteiger partial charge on any atom is 0.417 e. The van der Waals surface area contributed by atoms with E-state index in [2.05, 4.69) is 5.32 Å². The van der Waals surface area contributed by atoms with Gasteiger partial charge in [0, 0.05) is 27.7 Å². The molecule has 0 radical (unpaired) electrons. The van der Waals surface area contributed by atoms with Crippen LogP contribution in [0.1, 0.15) is 15.9 Å². The van der Waals surface area contributed by atoms with Gasteiger partial charge in [0.05, 0.1) is 5.57 Å². The van der Waals surface area contributed by atoms with Gasteiger partial charge in [-0.15, -0.1) is 0 Å². The molecule has 3 aromatic rings. The lowest BCUT2D eigenvalue weighted by Gasteiger charge is -2.21. The predicted molar refractivity (Wildman–Crippen MR) is 92.0 cm³/mol. The number of rotatable bonds is 2. The number of alkyl halides is 3. The summed E-state index contributed by atoms with van der Waals surface area (Å²) < 4.78 is 40.0. The third-order valence-electron chi connectivity index (χ3n) is 4.23. The molecule has 1 aliphatic rings. The lowest BCUT2D eigenvalue weighted by atomic mass is 9.86. The van der Waals surface area contributed by atoms with Gasteiger partial charge in [-0.25, -0.2) is 0 Å². The molecule has 0 saturated heterocycles. The highest BCUT2D eigenvalue weighted by Crippen LogP contribution is 2.43. The Bertz CT molecular complexity index is 1020. The van der Waals surface area contributed by atoms with Crippen molar-refractivity contribution in [2.24, 2.45) is 0 Å². The van der Waals surface area contributed by atoms with E-state index in [1.165, 1.54) is 6.07 Å². The van der Waals surface area contributed by atoms with E-state index in [0.29, 0.717) is 22.5 Å². The number of hydrogen-bond acceptors (Lipinski definition) is 2. The summed E-state index contributed by atoms with van der Waals surface area (Å²) in [5.41, 5.74) is 0.904. The summed E-state index contributed by atoms with van der Waals surface area (Å²) >= 11 is 0. The van der Waals surface area contributed by atoms with Gasteiger partial charge < -0.3 is 5.32 Å². The maximum absolute atomic E-state index is 13.3. The quantitative estimate of drug-likeness (QED) is 0.646. The predicted octanol–water partition coefficient (Wildman–Crippen LogP) is 5.73. The zero-order valence-corrected chi connectivity index (χ0v) is 12.9. The highest BCUT2D eigenvalue weighted by atomic mass is 19.4. The summed E-state index contributed by atoms with van der Waals surface area (Å²) in [6, 6.07) is 17.3. The fraction of sp³-hybridized carbons (Fsp3) is 0.0500. The molecule has 1 aliphatic carbocycles. The summed E-state index contributed by atoms with van der Waals surface area (Å²) in [6.07, 6.45) is -3.90. The molecule has 0 heterocycles. The van der Waals surface area contributed by atoms with E-state index in [-0.39, 0.29) is 11.1 Å². The molecule has 2 nitrogen and oxygen atoms in total. The van der Waals surface area contributed by atoms with Crippen molar-refractivity contribution in [1.82, 2.24) is 0 Å². The van der Waals surface area contributed by atoms with Crippen LogP contribution in [-0.4, -0.2) is 12.0 Å². The van der Waals surface area contributed by atoms with Crippen LogP contribution in [0, 0.1) is 0 Å². The molecule has 0 unspecified atom stereocenters. The minimum absolute atomic E-state index is 0.0383. The van der Waals surface area contributed by atoms with Crippen molar-refractivity contribution in [2.75, 3.05) is 5.32 Å². The molecule has 0 aromatic heterocycles. The maximum atomic E-state index is 13.3. The minimum atomic E-state index is -4.58. The number of allylic oxidation sites excluding steroid dienone is 2. The lowest BCUT2D eigenvalue weighted by Crippen LogP contribution is -2.17. The number of anilines is 2. The number of carbonyl (C=O) groups excluding carboxylic acids is 1. The number of carbonyl (C=O) groups is 1. The molecule has 4 rings (SSSR count). The van der Waals surface area contributed by atoms with Crippen molar-refractivity contribution in [2.45, 2.75) is 6.18 Å². The van der Waals surface area contributed by atoms with E-state index in [4.69, 9.17) is 0 Å². The molecule has 0 spiro atoms. The summed E-state index contributed by atoms with van der Waals surface area (Å²) in [5, 5.41) is 4.13. The van der Waals surface area contributed by atoms with Crippen LogP contribution in [0.25, 0.3) is 16.3 Å². The largest absolute Gasteiger partial charge is 0.417 e. The number of hydrogen-bond donors (Lipinski definition) is 1. The zero-order valence-electron chi connectivity index (χ0n) is 12.9. The van der Waals surface area contributed by atoms with Crippen molar-refractivity contribution in [3.05, 3.63) is 77.9 Å². The highest BCUT2D eigenvalue weighted by molar-refractivity contribution is 6.23. The van der Waals surface area contributed by atoms with Gasteiger partial charge in [0.1, 0.15) is 0 Å². The summed E-state index contributed by atoms with van der Waals surface area (Å²) in [6.45, 7) is 0. The monoisotopic (exact) mass is 339 g/mol. The second-order valence-electron chi connectivity index (χ2n) is 5.80. The first-order valence-corrected chi connectivity index (χ1v) is 7.66. The molecule has 0 saturated carbocycles. The molecule has 0 aliphatic heterocycles. The molecule has 3 aromatic carbocycles. The first kappa shape index (κ1) is 15.4. The molecule has 0 atom stereocenters. The molecular weight excluding hydrogens is 327 g/mol. The summed E-state index contributed by atoms with van der Waals surface area (Å²) in [4.78, 5) is 12.2. The van der Waals surface area contributed by atoms with Crippen LogP contribution in [0.2, 0.25) is 0 Å². The van der Waals surface area contributed by atoms with Crippen molar-refractivity contribution in [3.63, 3.8) is 0 Å². The van der Waals surface area contributed by atoms with E-state index in [0.717, 1.165) is 5.69 Å². The van der Waals surface area contributed by atoms with Gasteiger partial charge in [0.15, 0.2) is 5.78 Å². The van der Waals surface area contributed by atoms with E-state index in [1.54, 1.807) is 24.3 Å².